The highest BCUT2D eigenvalue weighted by atomic mass is 127. The topological polar surface area (TPSA) is 72.1 Å². The molecule has 2 aromatic rings. The summed E-state index contributed by atoms with van der Waals surface area (Å²) < 4.78 is 10.6. The van der Waals surface area contributed by atoms with E-state index in [1.807, 2.05) is 44.4 Å². The van der Waals surface area contributed by atoms with Crippen LogP contribution in [0.25, 0.3) is 0 Å². The zero-order valence-corrected chi connectivity index (χ0v) is 19.0. The average molecular weight is 505 g/mol. The Morgan fingerprint density at radius 3 is 2.41 bits per heavy atom. The first-order chi connectivity index (χ1) is 12.5. The number of hydrogen-bond acceptors (Lipinski definition) is 4. The van der Waals surface area contributed by atoms with E-state index in [0.717, 1.165) is 17.0 Å². The number of hydrogen-bond donors (Lipinski definition) is 2. The number of anilines is 1. The number of nitrogens with zero attached hydrogens (tertiary/aromatic N) is 2. The van der Waals surface area contributed by atoms with Gasteiger partial charge in [0, 0.05) is 11.3 Å². The Bertz CT molecular complexity index is 771. The number of nitrogens with one attached hydrogen (secondary N) is 1. The van der Waals surface area contributed by atoms with Crippen molar-refractivity contribution >= 4 is 47.2 Å². The van der Waals surface area contributed by atoms with Crippen molar-refractivity contribution in [3.63, 3.8) is 0 Å². The van der Waals surface area contributed by atoms with Crippen molar-refractivity contribution in [2.24, 2.45) is 10.7 Å². The molecular weight excluding hydrogens is 479 g/mol. The number of para-hydroxylation sites is 1. The van der Waals surface area contributed by atoms with Gasteiger partial charge in [-0.1, -0.05) is 29.8 Å². The number of likely N-dealkylation sites (N-methyl/N-ethyl adjacent to an activating group) is 1. The summed E-state index contributed by atoms with van der Waals surface area (Å²) in [6.45, 7) is 0.482. The Morgan fingerprint density at radius 1 is 1.15 bits per heavy atom. The van der Waals surface area contributed by atoms with Crippen LogP contribution in [0.5, 0.6) is 11.5 Å². The van der Waals surface area contributed by atoms with Crippen molar-refractivity contribution < 1.29 is 9.47 Å². The minimum absolute atomic E-state index is 0. The van der Waals surface area contributed by atoms with Crippen LogP contribution in [-0.4, -0.2) is 45.7 Å². The van der Waals surface area contributed by atoms with Crippen LogP contribution in [0.4, 0.5) is 5.69 Å². The van der Waals surface area contributed by atoms with E-state index in [2.05, 4.69) is 15.2 Å². The second-order valence-electron chi connectivity index (χ2n) is 5.92. The van der Waals surface area contributed by atoms with Gasteiger partial charge >= 0.3 is 0 Å². The zero-order valence-electron chi connectivity index (χ0n) is 15.9. The first kappa shape index (κ1) is 23.3. The molecule has 0 fully saturated rings. The normalized spacial score (nSPS) is 12.3. The molecule has 0 aliphatic rings. The summed E-state index contributed by atoms with van der Waals surface area (Å²) in [5, 5.41) is 3.55. The summed E-state index contributed by atoms with van der Waals surface area (Å²) in [6, 6.07) is 13.3. The number of halogens is 2. The van der Waals surface area contributed by atoms with Crippen LogP contribution >= 0.6 is 35.6 Å². The molecule has 0 aromatic heterocycles. The van der Waals surface area contributed by atoms with Gasteiger partial charge in [-0.3, -0.25) is 4.99 Å². The first-order valence-corrected chi connectivity index (χ1v) is 8.54. The lowest BCUT2D eigenvalue weighted by molar-refractivity contribution is 0.295. The lowest BCUT2D eigenvalue weighted by atomic mass is 10.0. The summed E-state index contributed by atoms with van der Waals surface area (Å²) >= 11 is 6.13. The molecule has 0 saturated heterocycles. The fourth-order valence-corrected chi connectivity index (χ4v) is 2.86. The van der Waals surface area contributed by atoms with Gasteiger partial charge in [-0.2, -0.15) is 0 Å². The molecule has 0 amide bonds. The van der Waals surface area contributed by atoms with E-state index < -0.39 is 0 Å². The van der Waals surface area contributed by atoms with Gasteiger partial charge < -0.3 is 25.4 Å². The maximum atomic E-state index is 6.13. The van der Waals surface area contributed by atoms with Crippen molar-refractivity contribution in [3.05, 3.63) is 53.1 Å². The van der Waals surface area contributed by atoms with E-state index in [-0.39, 0.29) is 30.0 Å². The molecule has 0 aliphatic heterocycles. The Balaban J connectivity index is 0.00000364. The van der Waals surface area contributed by atoms with Gasteiger partial charge in [0.25, 0.3) is 0 Å². The number of ether oxygens (including phenoxy) is 2. The third-order valence-corrected chi connectivity index (χ3v) is 4.28. The molecule has 0 heterocycles. The van der Waals surface area contributed by atoms with E-state index in [1.54, 1.807) is 26.4 Å². The Labute approximate surface area is 182 Å². The van der Waals surface area contributed by atoms with E-state index in [0.29, 0.717) is 23.3 Å². The minimum Gasteiger partial charge on any atom is -0.496 e. The van der Waals surface area contributed by atoms with Crippen molar-refractivity contribution in [2.45, 2.75) is 6.04 Å². The zero-order chi connectivity index (χ0) is 19.1. The molecule has 0 bridgehead atoms. The Hall–Kier alpha value is -1.71. The molecule has 2 aromatic carbocycles. The standard InChI is InChI=1S/C19H25ClN4O2.HI/c1-24(2)16(14-7-5-6-8-17(14)25-3)12-22-19(21)23-13-9-10-18(26-4)15(20)11-13;/h5-11,16H,12H2,1-4H3,(H3,21,22,23);1H. The lowest BCUT2D eigenvalue weighted by Crippen LogP contribution is -2.27. The van der Waals surface area contributed by atoms with Gasteiger partial charge in [0.2, 0.25) is 0 Å². The van der Waals surface area contributed by atoms with E-state index in [4.69, 9.17) is 26.8 Å². The maximum Gasteiger partial charge on any atom is 0.193 e. The minimum atomic E-state index is 0. The highest BCUT2D eigenvalue weighted by Gasteiger charge is 2.17. The fraction of sp³-hybridized carbons (Fsp3) is 0.316. The van der Waals surface area contributed by atoms with Crippen molar-refractivity contribution in [1.29, 1.82) is 0 Å². The second kappa shape index (κ2) is 11.2. The van der Waals surface area contributed by atoms with Gasteiger partial charge in [-0.05, 0) is 38.4 Å². The lowest BCUT2D eigenvalue weighted by Gasteiger charge is -2.25. The van der Waals surface area contributed by atoms with Gasteiger partial charge in [-0.25, -0.2) is 0 Å². The molecule has 0 spiro atoms. The molecule has 0 aliphatic carbocycles. The van der Waals surface area contributed by atoms with E-state index in [1.165, 1.54) is 0 Å². The van der Waals surface area contributed by atoms with Crippen molar-refractivity contribution in [3.8, 4) is 11.5 Å². The summed E-state index contributed by atoms with van der Waals surface area (Å²) in [7, 11) is 7.24. The molecule has 8 heteroatoms. The van der Waals surface area contributed by atoms with Crippen molar-refractivity contribution in [1.82, 2.24) is 4.90 Å². The average Bonchev–Trinajstić information content (AvgIpc) is 2.62. The van der Waals surface area contributed by atoms with Gasteiger partial charge in [0.05, 0.1) is 31.8 Å². The molecule has 2 rings (SSSR count). The summed E-state index contributed by atoms with van der Waals surface area (Å²) in [5.41, 5.74) is 7.84. The molecule has 0 radical (unpaired) electrons. The van der Waals surface area contributed by atoms with Crippen LogP contribution in [0.3, 0.4) is 0 Å². The fourth-order valence-electron chi connectivity index (χ4n) is 2.60. The number of rotatable bonds is 7. The molecule has 148 valence electrons. The number of guanidine groups is 1. The third kappa shape index (κ3) is 6.44. The second-order valence-corrected chi connectivity index (χ2v) is 6.33. The van der Waals surface area contributed by atoms with Crippen LogP contribution in [-0.2, 0) is 0 Å². The molecule has 6 nitrogen and oxygen atoms in total. The van der Waals surface area contributed by atoms with E-state index >= 15 is 0 Å². The molecule has 0 saturated carbocycles. The number of methoxy groups -OCH3 is 2. The molecule has 1 unspecified atom stereocenters. The monoisotopic (exact) mass is 504 g/mol. The summed E-state index contributed by atoms with van der Waals surface area (Å²) in [6.07, 6.45) is 0. The summed E-state index contributed by atoms with van der Waals surface area (Å²) in [4.78, 5) is 6.56. The summed E-state index contributed by atoms with van der Waals surface area (Å²) in [5.74, 6) is 1.75. The van der Waals surface area contributed by atoms with Crippen LogP contribution in [0.15, 0.2) is 47.5 Å². The van der Waals surface area contributed by atoms with Crippen LogP contribution in [0, 0.1) is 0 Å². The van der Waals surface area contributed by atoms with E-state index in [9.17, 15) is 0 Å². The quantitative estimate of drug-likeness (QED) is 0.339. The largest absolute Gasteiger partial charge is 0.496 e. The number of aliphatic imine (C=N–C) groups is 1. The molecular formula is C19H26ClIN4O2. The number of benzene rings is 2. The first-order valence-electron chi connectivity index (χ1n) is 8.16. The molecule has 3 N–H and O–H groups in total. The van der Waals surface area contributed by atoms with Crippen molar-refractivity contribution in [2.75, 3.05) is 40.2 Å². The molecule has 27 heavy (non-hydrogen) atoms. The highest BCUT2D eigenvalue weighted by Crippen LogP contribution is 2.29. The van der Waals surface area contributed by atoms with Crippen LogP contribution in [0.1, 0.15) is 11.6 Å². The predicted molar refractivity (Wildman–Crippen MR) is 123 cm³/mol. The maximum absolute atomic E-state index is 6.13. The smallest absolute Gasteiger partial charge is 0.193 e. The van der Waals surface area contributed by atoms with Crippen LogP contribution in [0.2, 0.25) is 5.02 Å². The SMILES string of the molecule is COc1ccc(NC(N)=NCC(c2ccccc2OC)N(C)C)cc1Cl.I. The molecule has 1 atom stereocenters. The van der Waals surface area contributed by atoms with Crippen LogP contribution < -0.4 is 20.5 Å². The Kier molecular flexibility index (Phi) is 9.68. The highest BCUT2D eigenvalue weighted by molar-refractivity contribution is 14.0. The van der Waals surface area contributed by atoms with Gasteiger partial charge in [0.15, 0.2) is 5.96 Å². The Morgan fingerprint density at radius 2 is 1.81 bits per heavy atom. The number of nitrogens with two attached hydrogens (primary N) is 1. The third-order valence-electron chi connectivity index (χ3n) is 3.98. The van der Waals surface area contributed by atoms with Gasteiger partial charge in [0.1, 0.15) is 11.5 Å². The van der Waals surface area contributed by atoms with Gasteiger partial charge in [-0.15, -0.1) is 24.0 Å². The predicted octanol–water partition coefficient (Wildman–Crippen LogP) is 4.00.